The minimum absolute atomic E-state index is 0.0497. The van der Waals surface area contributed by atoms with Crippen molar-refractivity contribution in [1.82, 2.24) is 3.80 Å². The summed E-state index contributed by atoms with van der Waals surface area (Å²) < 4.78 is 4.16. The maximum atomic E-state index is 12.2. The van der Waals surface area contributed by atoms with E-state index in [1.54, 1.807) is 0 Å². The molecule has 0 saturated carbocycles. The Labute approximate surface area is 153 Å². The van der Waals surface area contributed by atoms with E-state index in [-0.39, 0.29) is 5.91 Å². The predicted molar refractivity (Wildman–Crippen MR) is 103 cm³/mol. The number of hydrogen-bond acceptors (Lipinski definition) is 1. The number of rotatable bonds is 4. The van der Waals surface area contributed by atoms with Gasteiger partial charge >= 0.3 is 154 Å². The van der Waals surface area contributed by atoms with Crippen LogP contribution in [0, 0.1) is 0 Å². The summed E-state index contributed by atoms with van der Waals surface area (Å²) in [5.41, 5.74) is 4.97. The first-order valence-electron chi connectivity index (χ1n) is 8.36. The van der Waals surface area contributed by atoms with Gasteiger partial charge < -0.3 is 0 Å². The molecular weight excluding hydrogens is 393 g/mol. The molecule has 0 fully saturated rings. The van der Waals surface area contributed by atoms with Crippen LogP contribution in [0.15, 0.2) is 42.5 Å². The van der Waals surface area contributed by atoms with Crippen LogP contribution in [0.2, 0.25) is 13.1 Å². The molecule has 1 amide bonds. The van der Waals surface area contributed by atoms with E-state index in [4.69, 9.17) is 18.6 Å². The second-order valence-electron chi connectivity index (χ2n) is 6.80. The molecule has 1 aliphatic rings. The molecule has 0 heterocycles. The van der Waals surface area contributed by atoms with Gasteiger partial charge in [-0.05, 0) is 0 Å². The molecule has 127 valence electrons. The number of carbonyl (C=O) groups excluding carboxylic acids is 1. The number of halogens is 2. The summed E-state index contributed by atoms with van der Waals surface area (Å²) in [5.74, 6) is -0.0497. The van der Waals surface area contributed by atoms with Gasteiger partial charge in [0.05, 0.1) is 0 Å². The van der Waals surface area contributed by atoms with Crippen LogP contribution in [0.3, 0.4) is 0 Å². The van der Waals surface area contributed by atoms with E-state index in [0.29, 0.717) is 6.42 Å². The van der Waals surface area contributed by atoms with Crippen LogP contribution >= 0.6 is 18.6 Å². The van der Waals surface area contributed by atoms with Crippen LogP contribution in [0.1, 0.15) is 24.5 Å². The van der Waals surface area contributed by atoms with E-state index in [1.807, 2.05) is 19.1 Å². The molecule has 2 aromatic rings. The van der Waals surface area contributed by atoms with Crippen LogP contribution in [-0.4, -0.2) is 12.6 Å². The van der Waals surface area contributed by atoms with Crippen molar-refractivity contribution in [2.24, 2.45) is 0 Å². The number of carbonyl (C=O) groups is 1. The van der Waals surface area contributed by atoms with Crippen molar-refractivity contribution in [3.8, 4) is 11.1 Å². The van der Waals surface area contributed by atoms with Crippen LogP contribution < -0.4 is 7.67 Å². The third-order valence-electron chi connectivity index (χ3n) is 5.05. The fourth-order valence-corrected chi connectivity index (χ4v) is 15.9. The Hall–Kier alpha value is -0.579. The van der Waals surface area contributed by atoms with Crippen molar-refractivity contribution in [1.29, 1.82) is 0 Å². The fourth-order valence-electron chi connectivity index (χ4n) is 3.45. The Balaban J connectivity index is 2.21. The predicted octanol–water partition coefficient (Wildman–Crippen LogP) is 4.30. The molecule has 0 spiro atoms. The average molecular weight is 415 g/mol. The fraction of sp³-hybridized carbons (Fsp3) is 0.278. The zero-order chi connectivity index (χ0) is 17.6. The summed E-state index contributed by atoms with van der Waals surface area (Å²) in [6.45, 7) is 4.58. The molecule has 0 saturated heterocycles. The van der Waals surface area contributed by atoms with Gasteiger partial charge in [-0.25, -0.2) is 0 Å². The number of fused-ring (bicyclic) bond motifs is 3. The molecule has 0 aliphatic heterocycles. The maximum absolute atomic E-state index is 12.2. The van der Waals surface area contributed by atoms with Crippen molar-refractivity contribution in [2.75, 3.05) is 0 Å². The summed E-state index contributed by atoms with van der Waals surface area (Å²) in [6, 6.07) is 14.6. The second kappa shape index (κ2) is 6.30. The van der Waals surface area contributed by atoms with E-state index >= 15 is 0 Å². The Morgan fingerprint density at radius 2 is 1.79 bits per heavy atom. The summed E-state index contributed by atoms with van der Waals surface area (Å²) in [7, 11) is 14.5. The van der Waals surface area contributed by atoms with Crippen LogP contribution in [0.5, 0.6) is 0 Å². The summed E-state index contributed by atoms with van der Waals surface area (Å²) >= 11 is -4.32. The van der Waals surface area contributed by atoms with E-state index in [0.717, 1.165) is 10.3 Å². The standard InChI is InChI=1S/C13H9.C3H7NO.C2H7Si.2ClH.Ti/c1-3-7-12-10(5-1)9-11-6-2-4-8-13(11)12;1-2-3(4)5;1-3-2;;;/h1-5,7-8H,9H2;2H2,1H3,(H2,4,5);3H,1-2H3;2*1H;/q;;;;;+3/p-3. The molecule has 0 bridgehead atoms. The number of hydrogen-bond donors (Lipinski definition) is 1. The van der Waals surface area contributed by atoms with Crippen molar-refractivity contribution < 1.29 is 17.5 Å². The van der Waals surface area contributed by atoms with Gasteiger partial charge in [0.25, 0.3) is 0 Å². The first kappa shape index (κ1) is 18.2. The topological polar surface area (TPSA) is 29.1 Å². The van der Waals surface area contributed by atoms with Crippen LogP contribution in [0.4, 0.5) is 0 Å². The molecule has 24 heavy (non-hydrogen) atoms. The first-order valence-corrected chi connectivity index (χ1v) is 19.8. The third-order valence-corrected chi connectivity index (χ3v) is 35.1. The summed E-state index contributed by atoms with van der Waals surface area (Å²) in [4.78, 5) is 12.2. The van der Waals surface area contributed by atoms with Gasteiger partial charge in [-0.1, -0.05) is 0 Å². The molecule has 3 rings (SSSR count). The van der Waals surface area contributed by atoms with Gasteiger partial charge in [0, 0.05) is 0 Å². The molecule has 6 heteroatoms. The molecule has 1 aliphatic carbocycles. The normalized spacial score (nSPS) is 14.7. The van der Waals surface area contributed by atoms with Crippen molar-refractivity contribution in [3.63, 3.8) is 0 Å². The molecule has 0 atom stereocenters. The van der Waals surface area contributed by atoms with Crippen molar-refractivity contribution in [3.05, 3.63) is 53.6 Å². The summed E-state index contributed by atoms with van der Waals surface area (Å²) in [5, 5.41) is 0. The quantitative estimate of drug-likeness (QED) is 0.633. The van der Waals surface area contributed by atoms with Gasteiger partial charge in [-0.15, -0.1) is 0 Å². The molecule has 0 aromatic heterocycles. The molecule has 2 nitrogen and oxygen atoms in total. The van der Waals surface area contributed by atoms with Gasteiger partial charge in [0.15, 0.2) is 0 Å². The Kier molecular flexibility index (Phi) is 4.78. The van der Waals surface area contributed by atoms with Gasteiger partial charge in [-0.3, -0.25) is 0 Å². The molecule has 0 unspecified atom stereocenters. The van der Waals surface area contributed by atoms with Crippen LogP contribution in [-0.2, 0) is 23.9 Å². The Morgan fingerprint density at radius 3 is 2.46 bits per heavy atom. The Bertz CT molecular complexity index is 822. The molecule has 0 radical (unpaired) electrons. The molecule has 2 aromatic carbocycles. The molecular formula is C18H22Cl2NOSiTi. The average Bonchev–Trinajstić information content (AvgIpc) is 2.92. The van der Waals surface area contributed by atoms with E-state index in [2.05, 4.69) is 47.2 Å². The van der Waals surface area contributed by atoms with Gasteiger partial charge in [0.1, 0.15) is 0 Å². The minimum atomic E-state index is -4.32. The SMILES string of the molecule is CCC(=O)[NH][Ti]([Cl])([Cl])([c]1cccc2c1Cc1ccccc1-2)[SiH](C)C. The van der Waals surface area contributed by atoms with E-state index in [1.165, 1.54) is 22.3 Å². The monoisotopic (exact) mass is 414 g/mol. The number of benzene rings is 2. The zero-order valence-electron chi connectivity index (χ0n) is 14.2. The summed E-state index contributed by atoms with van der Waals surface area (Å²) in [6.07, 6.45) is 1.23. The third kappa shape index (κ3) is 2.81. The van der Waals surface area contributed by atoms with E-state index < -0.39 is 19.4 Å². The zero-order valence-corrected chi connectivity index (χ0v) is 18.4. The number of nitrogens with one attached hydrogen (secondary N) is 1. The first-order chi connectivity index (χ1) is 11.3. The van der Waals surface area contributed by atoms with Crippen molar-refractivity contribution in [2.45, 2.75) is 32.9 Å². The van der Waals surface area contributed by atoms with Crippen LogP contribution in [0.25, 0.3) is 11.1 Å². The van der Waals surface area contributed by atoms with E-state index in [9.17, 15) is 4.79 Å². The van der Waals surface area contributed by atoms with Crippen molar-refractivity contribution >= 4 is 35.0 Å². The van der Waals surface area contributed by atoms with Gasteiger partial charge in [0.2, 0.25) is 0 Å². The number of amides is 1. The Morgan fingerprint density at radius 1 is 1.12 bits per heavy atom. The second-order valence-corrected chi connectivity index (χ2v) is 34.2. The van der Waals surface area contributed by atoms with Gasteiger partial charge in [-0.2, -0.15) is 0 Å². The molecule has 1 N–H and O–H groups in total.